The Morgan fingerprint density at radius 3 is 2.80 bits per heavy atom. The lowest BCUT2D eigenvalue weighted by Gasteiger charge is -2.37. The molecule has 0 bridgehead atoms. The molecule has 1 amide bonds. The lowest BCUT2D eigenvalue weighted by molar-refractivity contribution is 0.0572. The fourth-order valence-corrected chi connectivity index (χ4v) is 3.23. The summed E-state index contributed by atoms with van der Waals surface area (Å²) in [5, 5.41) is 13.3. The quantitative estimate of drug-likeness (QED) is 0.705. The number of nitrogens with one attached hydrogen (secondary N) is 1. The van der Waals surface area contributed by atoms with Gasteiger partial charge in [0, 0.05) is 50.4 Å². The minimum Gasteiger partial charge on any atom is -0.508 e. The van der Waals surface area contributed by atoms with Gasteiger partial charge in [-0.1, -0.05) is 0 Å². The van der Waals surface area contributed by atoms with Crippen LogP contribution in [-0.2, 0) is 4.74 Å². The van der Waals surface area contributed by atoms with Crippen molar-refractivity contribution in [1.82, 2.24) is 10.2 Å². The second-order valence-electron chi connectivity index (χ2n) is 6.72. The van der Waals surface area contributed by atoms with E-state index in [2.05, 4.69) is 5.32 Å². The molecule has 0 saturated carbocycles. The minimum absolute atomic E-state index is 0.0399. The average Bonchev–Trinajstić information content (AvgIpc) is 2.59. The molecule has 25 heavy (non-hydrogen) atoms. The maximum atomic E-state index is 13.1. The highest BCUT2D eigenvalue weighted by Gasteiger charge is 2.28. The van der Waals surface area contributed by atoms with E-state index in [1.807, 2.05) is 18.7 Å². The van der Waals surface area contributed by atoms with Crippen LogP contribution in [0.2, 0.25) is 0 Å². The van der Waals surface area contributed by atoms with Crippen LogP contribution < -0.4 is 10.1 Å². The van der Waals surface area contributed by atoms with E-state index in [1.54, 1.807) is 13.2 Å². The van der Waals surface area contributed by atoms with Crippen molar-refractivity contribution in [2.45, 2.75) is 45.2 Å². The third-order valence-corrected chi connectivity index (χ3v) is 4.35. The van der Waals surface area contributed by atoms with Crippen molar-refractivity contribution >= 4 is 5.91 Å². The summed E-state index contributed by atoms with van der Waals surface area (Å²) in [6, 6.07) is 5.02. The van der Waals surface area contributed by atoms with Crippen LogP contribution in [0.1, 0.15) is 43.5 Å². The first-order valence-corrected chi connectivity index (χ1v) is 9.02. The van der Waals surface area contributed by atoms with Crippen molar-refractivity contribution in [3.05, 3.63) is 23.8 Å². The highest BCUT2D eigenvalue weighted by atomic mass is 16.5. The van der Waals surface area contributed by atoms with Crippen molar-refractivity contribution in [1.29, 1.82) is 0 Å². The Bertz CT molecular complexity index is 556. The summed E-state index contributed by atoms with van der Waals surface area (Å²) in [6.07, 6.45) is 2.81. The first-order valence-electron chi connectivity index (χ1n) is 9.02. The number of aromatic hydroxyl groups is 1. The molecule has 1 heterocycles. The minimum atomic E-state index is -0.0682. The summed E-state index contributed by atoms with van der Waals surface area (Å²) in [6.45, 7) is 6.95. The van der Waals surface area contributed by atoms with E-state index < -0.39 is 0 Å². The summed E-state index contributed by atoms with van der Waals surface area (Å²) in [5.41, 5.74) is 0.459. The highest BCUT2D eigenvalue weighted by Crippen LogP contribution is 2.25. The third-order valence-electron chi connectivity index (χ3n) is 4.35. The highest BCUT2D eigenvalue weighted by molar-refractivity contribution is 5.95. The molecule has 1 aromatic carbocycles. The molecule has 0 aliphatic carbocycles. The van der Waals surface area contributed by atoms with Crippen molar-refractivity contribution in [3.63, 3.8) is 0 Å². The number of methoxy groups -OCH3 is 1. The Kier molecular flexibility index (Phi) is 7.52. The Morgan fingerprint density at radius 1 is 1.36 bits per heavy atom. The molecule has 1 atom stereocenters. The lowest BCUT2D eigenvalue weighted by atomic mass is 10.0. The SMILES string of the molecule is COCCCOc1cc(O)cc(C(=O)N(C(C)C)C2CCCNC2)c1. The molecule has 2 rings (SSSR count). The van der Waals surface area contributed by atoms with Crippen LogP contribution in [0.25, 0.3) is 0 Å². The predicted molar refractivity (Wildman–Crippen MR) is 97.3 cm³/mol. The first-order chi connectivity index (χ1) is 12.0. The van der Waals surface area contributed by atoms with Gasteiger partial charge in [0.1, 0.15) is 11.5 Å². The number of ether oxygens (including phenoxy) is 2. The van der Waals surface area contributed by atoms with Crippen LogP contribution in [0.15, 0.2) is 18.2 Å². The zero-order chi connectivity index (χ0) is 18.2. The molecular formula is C19H30N2O4. The van der Waals surface area contributed by atoms with Gasteiger partial charge in [0.25, 0.3) is 5.91 Å². The normalized spacial score (nSPS) is 17.5. The average molecular weight is 350 g/mol. The summed E-state index contributed by atoms with van der Waals surface area (Å²) in [5.74, 6) is 0.476. The monoisotopic (exact) mass is 350 g/mol. The van der Waals surface area contributed by atoms with E-state index in [1.165, 1.54) is 12.1 Å². The molecule has 0 spiro atoms. The molecule has 1 aliphatic heterocycles. The smallest absolute Gasteiger partial charge is 0.254 e. The number of hydrogen-bond acceptors (Lipinski definition) is 5. The molecule has 1 unspecified atom stereocenters. The number of phenols is 1. The van der Waals surface area contributed by atoms with Crippen LogP contribution >= 0.6 is 0 Å². The van der Waals surface area contributed by atoms with Gasteiger partial charge in [0.15, 0.2) is 0 Å². The predicted octanol–water partition coefficient (Wildman–Crippen LogP) is 2.41. The van der Waals surface area contributed by atoms with Gasteiger partial charge < -0.3 is 24.8 Å². The summed E-state index contributed by atoms with van der Waals surface area (Å²) < 4.78 is 10.6. The zero-order valence-electron chi connectivity index (χ0n) is 15.5. The number of hydrogen-bond donors (Lipinski definition) is 2. The molecule has 1 aliphatic rings. The van der Waals surface area contributed by atoms with E-state index in [0.717, 1.165) is 32.4 Å². The molecule has 6 nitrogen and oxygen atoms in total. The molecule has 1 saturated heterocycles. The van der Waals surface area contributed by atoms with Crippen molar-refractivity contribution < 1.29 is 19.4 Å². The van der Waals surface area contributed by atoms with E-state index in [9.17, 15) is 9.90 Å². The van der Waals surface area contributed by atoms with E-state index >= 15 is 0 Å². The van der Waals surface area contributed by atoms with Crippen LogP contribution in [0, 0.1) is 0 Å². The number of piperidine rings is 1. The Morgan fingerprint density at radius 2 is 2.16 bits per heavy atom. The summed E-state index contributed by atoms with van der Waals surface area (Å²) >= 11 is 0. The molecule has 140 valence electrons. The van der Waals surface area contributed by atoms with Gasteiger partial charge in [-0.25, -0.2) is 0 Å². The number of carbonyl (C=O) groups is 1. The summed E-state index contributed by atoms with van der Waals surface area (Å²) in [7, 11) is 1.64. The van der Waals surface area contributed by atoms with Crippen LogP contribution in [0.3, 0.4) is 0 Å². The Hall–Kier alpha value is -1.79. The standard InChI is InChI=1S/C19H30N2O4/c1-14(2)21(16-6-4-7-20-13-16)19(23)15-10-17(22)12-18(11-15)25-9-5-8-24-3/h10-12,14,16,20,22H,4-9,13H2,1-3H3. The molecule has 2 N–H and O–H groups in total. The Balaban J connectivity index is 2.13. The Labute approximate surface area is 150 Å². The van der Waals surface area contributed by atoms with Crippen LogP contribution in [0.4, 0.5) is 0 Å². The largest absolute Gasteiger partial charge is 0.508 e. The van der Waals surface area contributed by atoms with Crippen LogP contribution in [0.5, 0.6) is 11.5 Å². The molecule has 1 aromatic rings. The number of nitrogens with zero attached hydrogens (tertiary/aromatic N) is 1. The number of benzene rings is 1. The van der Waals surface area contributed by atoms with Gasteiger partial charge >= 0.3 is 0 Å². The van der Waals surface area contributed by atoms with E-state index in [-0.39, 0.29) is 23.7 Å². The van der Waals surface area contributed by atoms with E-state index in [0.29, 0.717) is 24.5 Å². The van der Waals surface area contributed by atoms with Gasteiger partial charge in [-0.15, -0.1) is 0 Å². The van der Waals surface area contributed by atoms with Crippen molar-refractivity contribution in [2.75, 3.05) is 33.4 Å². The van der Waals surface area contributed by atoms with Crippen LogP contribution in [-0.4, -0.2) is 61.4 Å². The number of carbonyl (C=O) groups excluding carboxylic acids is 1. The number of rotatable bonds is 8. The van der Waals surface area contributed by atoms with E-state index in [4.69, 9.17) is 9.47 Å². The van der Waals surface area contributed by atoms with Crippen molar-refractivity contribution in [2.24, 2.45) is 0 Å². The van der Waals surface area contributed by atoms with Crippen molar-refractivity contribution in [3.8, 4) is 11.5 Å². The second-order valence-corrected chi connectivity index (χ2v) is 6.72. The maximum absolute atomic E-state index is 13.1. The molecule has 1 fully saturated rings. The summed E-state index contributed by atoms with van der Waals surface area (Å²) in [4.78, 5) is 15.0. The number of amides is 1. The lowest BCUT2D eigenvalue weighted by Crippen LogP contribution is -2.51. The topological polar surface area (TPSA) is 71.0 Å². The van der Waals surface area contributed by atoms with Gasteiger partial charge in [-0.05, 0) is 45.4 Å². The third kappa shape index (κ3) is 5.61. The molecule has 0 radical (unpaired) electrons. The van der Waals surface area contributed by atoms with Gasteiger partial charge in [-0.2, -0.15) is 0 Å². The molecular weight excluding hydrogens is 320 g/mol. The first kappa shape index (κ1) is 19.5. The van der Waals surface area contributed by atoms with Gasteiger partial charge in [0.2, 0.25) is 0 Å². The van der Waals surface area contributed by atoms with Gasteiger partial charge in [0.05, 0.1) is 6.61 Å². The number of phenolic OH excluding ortho intramolecular Hbond substituents is 1. The fraction of sp³-hybridized carbons (Fsp3) is 0.632. The fourth-order valence-electron chi connectivity index (χ4n) is 3.23. The zero-order valence-corrected chi connectivity index (χ0v) is 15.5. The maximum Gasteiger partial charge on any atom is 0.254 e. The molecule has 0 aromatic heterocycles. The van der Waals surface area contributed by atoms with Gasteiger partial charge in [-0.3, -0.25) is 4.79 Å². The molecule has 6 heteroatoms. The second kappa shape index (κ2) is 9.63.